The van der Waals surface area contributed by atoms with Crippen LogP contribution in [0.2, 0.25) is 0 Å². The van der Waals surface area contributed by atoms with Gasteiger partial charge in [-0.3, -0.25) is 0 Å². The summed E-state index contributed by atoms with van der Waals surface area (Å²) in [5, 5.41) is 18.1. The van der Waals surface area contributed by atoms with Gasteiger partial charge in [0.25, 0.3) is 0 Å². The molecule has 3 rings (SSSR count). The van der Waals surface area contributed by atoms with Gasteiger partial charge >= 0.3 is 0 Å². The minimum absolute atomic E-state index is 0.707. The van der Waals surface area contributed by atoms with Gasteiger partial charge in [-0.15, -0.1) is 15.3 Å². The number of nitrogens with one attached hydrogen (secondary N) is 1. The Balaban J connectivity index is 1.72. The van der Waals surface area contributed by atoms with Crippen LogP contribution >= 0.6 is 22.9 Å². The molecule has 1 aliphatic carbocycles. The number of rotatable bonds is 6. The summed E-state index contributed by atoms with van der Waals surface area (Å²) in [6, 6.07) is 0.707. The monoisotopic (exact) mass is 281 g/mol. The highest BCUT2D eigenvalue weighted by Gasteiger charge is 2.21. The van der Waals surface area contributed by atoms with E-state index in [1.807, 2.05) is 0 Å². The Morgan fingerprint density at radius 3 is 2.94 bits per heavy atom. The number of aryl methyl sites for hydroxylation is 1. The van der Waals surface area contributed by atoms with E-state index in [0.29, 0.717) is 6.04 Å². The van der Waals surface area contributed by atoms with Crippen LogP contribution in [0.3, 0.4) is 0 Å². The van der Waals surface area contributed by atoms with E-state index < -0.39 is 0 Å². The standard InChI is InChI=1S/C11H15N5S2/c1-2-3-8-10(18-16-13-8)11-15-14-9(17-11)6-12-7-4-5-7/h7,12H,2-6H2,1H3. The Bertz CT molecular complexity index is 517. The molecule has 96 valence electrons. The van der Waals surface area contributed by atoms with E-state index in [1.165, 1.54) is 24.4 Å². The van der Waals surface area contributed by atoms with Gasteiger partial charge in [0.15, 0.2) is 5.01 Å². The topological polar surface area (TPSA) is 63.6 Å². The molecule has 0 amide bonds. The summed E-state index contributed by atoms with van der Waals surface area (Å²) in [7, 11) is 0. The van der Waals surface area contributed by atoms with Gasteiger partial charge in [-0.2, -0.15) is 0 Å². The predicted molar refractivity (Wildman–Crippen MR) is 72.7 cm³/mol. The SMILES string of the molecule is CCCc1nnsc1-c1nnc(CNC2CC2)s1. The quantitative estimate of drug-likeness (QED) is 0.880. The summed E-state index contributed by atoms with van der Waals surface area (Å²) >= 11 is 3.07. The van der Waals surface area contributed by atoms with Gasteiger partial charge in [-0.05, 0) is 30.8 Å². The van der Waals surface area contributed by atoms with Gasteiger partial charge in [0.05, 0.1) is 5.69 Å². The molecule has 1 aliphatic rings. The molecule has 18 heavy (non-hydrogen) atoms. The van der Waals surface area contributed by atoms with Crippen molar-refractivity contribution in [3.05, 3.63) is 10.7 Å². The zero-order chi connectivity index (χ0) is 12.4. The molecule has 0 bridgehead atoms. The second-order valence-corrected chi connectivity index (χ2v) is 6.27. The first kappa shape index (κ1) is 12.1. The highest BCUT2D eigenvalue weighted by molar-refractivity contribution is 7.19. The number of hydrogen-bond acceptors (Lipinski definition) is 7. The van der Waals surface area contributed by atoms with E-state index in [4.69, 9.17) is 0 Å². The summed E-state index contributed by atoms with van der Waals surface area (Å²) in [6.07, 6.45) is 4.63. The third-order valence-electron chi connectivity index (χ3n) is 2.82. The van der Waals surface area contributed by atoms with Crippen molar-refractivity contribution < 1.29 is 0 Å². The van der Waals surface area contributed by atoms with Crippen molar-refractivity contribution in [2.24, 2.45) is 0 Å². The molecule has 2 heterocycles. The fourth-order valence-corrected chi connectivity index (χ4v) is 3.28. The zero-order valence-electron chi connectivity index (χ0n) is 10.2. The molecule has 0 radical (unpaired) electrons. The zero-order valence-corrected chi connectivity index (χ0v) is 11.9. The molecular formula is C11H15N5S2. The number of nitrogens with zero attached hydrogens (tertiary/aromatic N) is 4. The average Bonchev–Trinajstić information content (AvgIpc) is 2.89. The third-order valence-corrected chi connectivity index (χ3v) is 4.67. The van der Waals surface area contributed by atoms with Gasteiger partial charge in [0.2, 0.25) is 0 Å². The summed E-state index contributed by atoms with van der Waals surface area (Å²) in [6.45, 7) is 2.98. The van der Waals surface area contributed by atoms with Crippen LogP contribution < -0.4 is 5.32 Å². The largest absolute Gasteiger partial charge is 0.308 e. The Labute approximate surface area is 114 Å². The van der Waals surface area contributed by atoms with Crippen LogP contribution in [0.1, 0.15) is 36.9 Å². The number of hydrogen-bond donors (Lipinski definition) is 1. The molecule has 2 aromatic rings. The van der Waals surface area contributed by atoms with Crippen molar-refractivity contribution in [2.45, 2.75) is 45.2 Å². The fraction of sp³-hybridized carbons (Fsp3) is 0.636. The first-order valence-corrected chi connectivity index (χ1v) is 7.83. The molecule has 1 N–H and O–H groups in total. The maximum atomic E-state index is 4.26. The molecule has 0 unspecified atom stereocenters. The van der Waals surface area contributed by atoms with Crippen molar-refractivity contribution in [1.82, 2.24) is 25.1 Å². The van der Waals surface area contributed by atoms with Crippen molar-refractivity contribution >= 4 is 22.9 Å². The Kier molecular flexibility index (Phi) is 3.62. The van der Waals surface area contributed by atoms with Crippen LogP contribution in [0.4, 0.5) is 0 Å². The first-order valence-electron chi connectivity index (χ1n) is 6.24. The van der Waals surface area contributed by atoms with Crippen LogP contribution in [-0.2, 0) is 13.0 Å². The van der Waals surface area contributed by atoms with E-state index in [1.54, 1.807) is 11.3 Å². The number of aromatic nitrogens is 4. The molecular weight excluding hydrogens is 266 g/mol. The van der Waals surface area contributed by atoms with Crippen molar-refractivity contribution in [2.75, 3.05) is 0 Å². The lowest BCUT2D eigenvalue weighted by atomic mass is 10.2. The van der Waals surface area contributed by atoms with E-state index in [-0.39, 0.29) is 0 Å². The minimum Gasteiger partial charge on any atom is -0.308 e. The molecule has 0 aromatic carbocycles. The molecule has 0 saturated heterocycles. The molecule has 2 aromatic heterocycles. The van der Waals surface area contributed by atoms with E-state index >= 15 is 0 Å². The Hall–Kier alpha value is -0.920. The van der Waals surface area contributed by atoms with E-state index in [9.17, 15) is 0 Å². The van der Waals surface area contributed by atoms with Crippen LogP contribution in [0.25, 0.3) is 9.88 Å². The Morgan fingerprint density at radius 2 is 2.17 bits per heavy atom. The van der Waals surface area contributed by atoms with Gasteiger partial charge < -0.3 is 5.32 Å². The maximum absolute atomic E-state index is 4.26. The van der Waals surface area contributed by atoms with Gasteiger partial charge in [0, 0.05) is 12.6 Å². The Morgan fingerprint density at radius 1 is 1.28 bits per heavy atom. The third kappa shape index (κ3) is 2.73. The summed E-state index contributed by atoms with van der Waals surface area (Å²) in [4.78, 5) is 1.09. The van der Waals surface area contributed by atoms with Crippen LogP contribution in [0.5, 0.6) is 0 Å². The van der Waals surface area contributed by atoms with E-state index in [0.717, 1.165) is 40.0 Å². The summed E-state index contributed by atoms with van der Waals surface area (Å²) in [5.74, 6) is 0. The second-order valence-electron chi connectivity index (χ2n) is 4.45. The maximum Gasteiger partial charge on any atom is 0.161 e. The van der Waals surface area contributed by atoms with Crippen molar-refractivity contribution in [3.63, 3.8) is 0 Å². The summed E-state index contributed by atoms with van der Waals surface area (Å²) < 4.78 is 4.03. The molecule has 7 heteroatoms. The highest BCUT2D eigenvalue weighted by atomic mass is 32.1. The first-order chi connectivity index (χ1) is 8.86. The average molecular weight is 281 g/mol. The van der Waals surface area contributed by atoms with E-state index in [2.05, 4.69) is 32.0 Å². The lowest BCUT2D eigenvalue weighted by molar-refractivity contribution is 0.679. The highest BCUT2D eigenvalue weighted by Crippen LogP contribution is 2.30. The molecule has 5 nitrogen and oxygen atoms in total. The van der Waals surface area contributed by atoms with Crippen molar-refractivity contribution in [1.29, 1.82) is 0 Å². The molecule has 0 atom stereocenters. The molecule has 1 fully saturated rings. The lowest BCUT2D eigenvalue weighted by Gasteiger charge is -1.96. The smallest absolute Gasteiger partial charge is 0.161 e. The van der Waals surface area contributed by atoms with Crippen LogP contribution in [-0.4, -0.2) is 25.8 Å². The lowest BCUT2D eigenvalue weighted by Crippen LogP contribution is -2.14. The normalized spacial score (nSPS) is 15.2. The second kappa shape index (κ2) is 5.38. The predicted octanol–water partition coefficient (Wildman–Crippen LogP) is 2.26. The van der Waals surface area contributed by atoms with Gasteiger partial charge in [0.1, 0.15) is 9.88 Å². The molecule has 0 spiro atoms. The fourth-order valence-electron chi connectivity index (χ4n) is 1.71. The van der Waals surface area contributed by atoms with Crippen molar-refractivity contribution in [3.8, 4) is 9.88 Å². The van der Waals surface area contributed by atoms with Crippen LogP contribution in [0, 0.1) is 0 Å². The van der Waals surface area contributed by atoms with Gasteiger partial charge in [-0.25, -0.2) is 0 Å². The molecule has 0 aliphatic heterocycles. The summed E-state index contributed by atoms with van der Waals surface area (Å²) in [5.41, 5.74) is 1.06. The van der Waals surface area contributed by atoms with Gasteiger partial charge in [-0.1, -0.05) is 29.2 Å². The molecule has 1 saturated carbocycles. The minimum atomic E-state index is 0.707. The van der Waals surface area contributed by atoms with Crippen LogP contribution in [0.15, 0.2) is 0 Å².